The second kappa shape index (κ2) is 4.37. The molecule has 0 aliphatic carbocycles. The third-order valence-corrected chi connectivity index (χ3v) is 1.69. The quantitative estimate of drug-likeness (QED) is 0.499. The highest BCUT2D eigenvalue weighted by molar-refractivity contribution is 6.14. The van der Waals surface area contributed by atoms with Crippen LogP contribution in [0.1, 0.15) is 6.92 Å². The molecule has 0 aromatic rings. The Morgan fingerprint density at radius 2 is 1.86 bits per heavy atom. The zero-order valence-corrected chi connectivity index (χ0v) is 7.93. The monoisotopic (exact) mass is 189 g/mol. The van der Waals surface area contributed by atoms with E-state index in [0.29, 0.717) is 5.70 Å². The first kappa shape index (κ1) is 10.2. The van der Waals surface area contributed by atoms with Crippen LogP contribution in [0.5, 0.6) is 0 Å². The highest BCUT2D eigenvalue weighted by Gasteiger charge is 2.24. The van der Waals surface area contributed by atoms with Crippen molar-refractivity contribution in [3.8, 4) is 0 Å². The van der Waals surface area contributed by atoms with Gasteiger partial charge in [0, 0.05) is 17.8 Å². The van der Waals surface area contributed by atoms with Crippen molar-refractivity contribution in [1.29, 1.82) is 0 Å². The second-order valence-corrected chi connectivity index (χ2v) is 2.72. The van der Waals surface area contributed by atoms with Crippen LogP contribution < -0.4 is 0 Å². The van der Waals surface area contributed by atoms with E-state index >= 15 is 0 Å². The number of amides is 2. The number of allylic oxidation sites excluding steroid dienone is 4. The minimum absolute atomic E-state index is 0.342. The Morgan fingerprint density at radius 1 is 1.29 bits per heavy atom. The number of imide groups is 1. The maximum atomic E-state index is 11.2. The first-order chi connectivity index (χ1) is 6.66. The van der Waals surface area contributed by atoms with Crippen molar-refractivity contribution in [3.05, 3.63) is 48.7 Å². The Balaban J connectivity index is 2.71. The fraction of sp³-hybridized carbons (Fsp3) is 0.0909. The predicted molar refractivity (Wildman–Crippen MR) is 54.1 cm³/mol. The molecule has 0 N–H and O–H groups in total. The van der Waals surface area contributed by atoms with Gasteiger partial charge in [0.05, 0.1) is 0 Å². The predicted octanol–water partition coefficient (Wildman–Crippen LogP) is 1.56. The van der Waals surface area contributed by atoms with Gasteiger partial charge in [0.2, 0.25) is 0 Å². The van der Waals surface area contributed by atoms with Gasteiger partial charge < -0.3 is 0 Å². The van der Waals surface area contributed by atoms with Crippen LogP contribution in [0.3, 0.4) is 0 Å². The minimum Gasteiger partial charge on any atom is -0.269 e. The molecule has 1 rings (SSSR count). The number of nitrogens with zero attached hydrogens (tertiary/aromatic N) is 1. The van der Waals surface area contributed by atoms with E-state index in [1.807, 2.05) is 13.0 Å². The summed E-state index contributed by atoms with van der Waals surface area (Å²) in [5, 5.41) is 0. The second-order valence-electron chi connectivity index (χ2n) is 2.72. The zero-order valence-electron chi connectivity index (χ0n) is 7.93. The van der Waals surface area contributed by atoms with E-state index < -0.39 is 0 Å². The van der Waals surface area contributed by atoms with Gasteiger partial charge in [-0.25, -0.2) is 4.90 Å². The van der Waals surface area contributed by atoms with E-state index in [9.17, 15) is 9.59 Å². The Bertz CT molecular complexity index is 343. The van der Waals surface area contributed by atoms with Crippen LogP contribution >= 0.6 is 0 Å². The smallest absolute Gasteiger partial charge is 0.258 e. The van der Waals surface area contributed by atoms with Crippen LogP contribution in [0.4, 0.5) is 0 Å². The summed E-state index contributed by atoms with van der Waals surface area (Å²) in [4.78, 5) is 23.4. The van der Waals surface area contributed by atoms with E-state index in [1.54, 1.807) is 18.2 Å². The largest absolute Gasteiger partial charge is 0.269 e. The molecule has 1 aliphatic rings. The fourth-order valence-corrected chi connectivity index (χ4v) is 1.04. The SMILES string of the molecule is C=C(/C=C\C=C/C)N1C(=O)C=CC1=O. The van der Waals surface area contributed by atoms with E-state index in [-0.39, 0.29) is 11.8 Å². The average Bonchev–Trinajstić information content (AvgIpc) is 2.46. The molecular formula is C11H11NO2. The summed E-state index contributed by atoms with van der Waals surface area (Å²) in [6.45, 7) is 5.51. The molecule has 0 aromatic carbocycles. The van der Waals surface area contributed by atoms with Gasteiger partial charge in [0.1, 0.15) is 0 Å². The highest BCUT2D eigenvalue weighted by atomic mass is 16.2. The van der Waals surface area contributed by atoms with Crippen molar-refractivity contribution in [2.24, 2.45) is 0 Å². The number of rotatable bonds is 3. The van der Waals surface area contributed by atoms with Crippen molar-refractivity contribution in [2.45, 2.75) is 6.92 Å². The standard InChI is InChI=1S/C11H11NO2/c1-3-4-5-6-9(2)12-10(13)7-8-11(12)14/h3-8H,2H2,1H3/b4-3-,6-5-. The highest BCUT2D eigenvalue weighted by Crippen LogP contribution is 2.11. The van der Waals surface area contributed by atoms with Gasteiger partial charge in [-0.15, -0.1) is 0 Å². The average molecular weight is 189 g/mol. The molecule has 1 aliphatic heterocycles. The van der Waals surface area contributed by atoms with Gasteiger partial charge in [-0.05, 0) is 13.0 Å². The maximum Gasteiger partial charge on any atom is 0.258 e. The molecule has 14 heavy (non-hydrogen) atoms. The first-order valence-corrected chi connectivity index (χ1v) is 4.21. The Kier molecular flexibility index (Phi) is 3.18. The van der Waals surface area contributed by atoms with E-state index in [1.165, 1.54) is 12.2 Å². The number of hydrogen-bond donors (Lipinski definition) is 0. The molecule has 0 saturated heterocycles. The Labute approximate surface area is 82.7 Å². The van der Waals surface area contributed by atoms with Crippen LogP contribution in [0, 0.1) is 0 Å². The van der Waals surface area contributed by atoms with Crippen molar-refractivity contribution < 1.29 is 9.59 Å². The summed E-state index contributed by atoms with van der Waals surface area (Å²) in [5.74, 6) is -0.685. The molecule has 0 aromatic heterocycles. The van der Waals surface area contributed by atoms with E-state index in [4.69, 9.17) is 0 Å². The lowest BCUT2D eigenvalue weighted by Gasteiger charge is -2.12. The lowest BCUT2D eigenvalue weighted by Crippen LogP contribution is -2.27. The van der Waals surface area contributed by atoms with Crippen molar-refractivity contribution in [1.82, 2.24) is 4.90 Å². The normalized spacial score (nSPS) is 16.5. The lowest BCUT2D eigenvalue weighted by molar-refractivity contribution is -0.134. The number of carbonyl (C=O) groups is 2. The van der Waals surface area contributed by atoms with Crippen LogP contribution in [-0.2, 0) is 9.59 Å². The van der Waals surface area contributed by atoms with Gasteiger partial charge in [-0.1, -0.05) is 24.8 Å². The Morgan fingerprint density at radius 3 is 2.36 bits per heavy atom. The summed E-state index contributed by atoms with van der Waals surface area (Å²) in [7, 11) is 0. The van der Waals surface area contributed by atoms with Gasteiger partial charge in [0.25, 0.3) is 11.8 Å². The molecule has 3 nitrogen and oxygen atoms in total. The molecule has 0 fully saturated rings. The third kappa shape index (κ3) is 2.07. The summed E-state index contributed by atoms with van der Waals surface area (Å²) >= 11 is 0. The van der Waals surface area contributed by atoms with E-state index in [2.05, 4.69) is 6.58 Å². The van der Waals surface area contributed by atoms with E-state index in [0.717, 1.165) is 4.90 Å². The third-order valence-electron chi connectivity index (χ3n) is 1.69. The summed E-state index contributed by atoms with van der Waals surface area (Å²) < 4.78 is 0. The molecule has 72 valence electrons. The molecule has 3 heteroatoms. The molecule has 1 heterocycles. The van der Waals surface area contributed by atoms with Gasteiger partial charge >= 0.3 is 0 Å². The van der Waals surface area contributed by atoms with Crippen molar-refractivity contribution in [2.75, 3.05) is 0 Å². The number of carbonyl (C=O) groups excluding carboxylic acids is 2. The number of hydrogen-bond acceptors (Lipinski definition) is 2. The van der Waals surface area contributed by atoms with Gasteiger partial charge in [0.15, 0.2) is 0 Å². The van der Waals surface area contributed by atoms with Crippen LogP contribution in [-0.4, -0.2) is 16.7 Å². The molecule has 0 spiro atoms. The zero-order chi connectivity index (χ0) is 10.6. The summed E-state index contributed by atoms with van der Waals surface area (Å²) in [6.07, 6.45) is 9.44. The van der Waals surface area contributed by atoms with Crippen LogP contribution in [0.15, 0.2) is 48.7 Å². The van der Waals surface area contributed by atoms with Crippen molar-refractivity contribution >= 4 is 11.8 Å². The fourth-order valence-electron chi connectivity index (χ4n) is 1.04. The van der Waals surface area contributed by atoms with Gasteiger partial charge in [-0.3, -0.25) is 9.59 Å². The van der Waals surface area contributed by atoms with Crippen LogP contribution in [0.2, 0.25) is 0 Å². The molecule has 0 atom stereocenters. The van der Waals surface area contributed by atoms with Gasteiger partial charge in [-0.2, -0.15) is 0 Å². The van der Waals surface area contributed by atoms with Crippen LogP contribution in [0.25, 0.3) is 0 Å². The summed E-state index contributed by atoms with van der Waals surface area (Å²) in [5.41, 5.74) is 0.378. The molecule has 0 radical (unpaired) electrons. The molecule has 0 saturated carbocycles. The molecule has 0 unspecified atom stereocenters. The Hall–Kier alpha value is -1.90. The van der Waals surface area contributed by atoms with Crippen molar-refractivity contribution in [3.63, 3.8) is 0 Å². The molecular weight excluding hydrogens is 178 g/mol. The maximum absolute atomic E-state index is 11.2. The first-order valence-electron chi connectivity index (χ1n) is 4.21. The minimum atomic E-state index is -0.342. The molecule has 2 amide bonds. The lowest BCUT2D eigenvalue weighted by atomic mass is 10.3. The molecule has 0 bridgehead atoms. The summed E-state index contributed by atoms with van der Waals surface area (Å²) in [6, 6.07) is 0. The topological polar surface area (TPSA) is 37.4 Å².